The van der Waals surface area contributed by atoms with E-state index in [0.29, 0.717) is 10.2 Å². The second kappa shape index (κ2) is 10.8. The van der Waals surface area contributed by atoms with Crippen LogP contribution in [0.5, 0.6) is 5.75 Å². The van der Waals surface area contributed by atoms with Gasteiger partial charge in [-0.25, -0.2) is 10.3 Å². The first-order valence-corrected chi connectivity index (χ1v) is 10.3. The number of anilines is 1. The molecule has 2 amide bonds. The molecule has 3 aromatic rings. The van der Waals surface area contributed by atoms with E-state index in [2.05, 4.69) is 21.2 Å². The van der Waals surface area contributed by atoms with Crippen molar-refractivity contribution in [1.29, 1.82) is 0 Å². The van der Waals surface area contributed by atoms with E-state index in [0.717, 1.165) is 16.8 Å². The third kappa shape index (κ3) is 5.64. The number of nitrogens with one attached hydrogen (secondary N) is 2. The third-order valence-electron chi connectivity index (χ3n) is 4.67. The second-order valence-corrected chi connectivity index (χ2v) is 7.63. The van der Waals surface area contributed by atoms with Crippen molar-refractivity contribution in [2.75, 3.05) is 12.4 Å². The van der Waals surface area contributed by atoms with Gasteiger partial charge in [-0.15, -0.1) is 0 Å². The van der Waals surface area contributed by atoms with Gasteiger partial charge in [-0.05, 0) is 35.7 Å². The number of methoxy groups -OCH3 is 1. The van der Waals surface area contributed by atoms with Crippen molar-refractivity contribution in [3.05, 3.63) is 82.9 Å². The number of fused-ring (bicyclic) bond motifs is 1. The van der Waals surface area contributed by atoms with Crippen molar-refractivity contribution in [3.63, 3.8) is 0 Å². The van der Waals surface area contributed by atoms with Crippen molar-refractivity contribution >= 4 is 44.4 Å². The van der Waals surface area contributed by atoms with Gasteiger partial charge in [0.1, 0.15) is 11.9 Å². The molecule has 9 heteroatoms. The van der Waals surface area contributed by atoms with Crippen LogP contribution >= 0.6 is 15.9 Å². The van der Waals surface area contributed by atoms with Gasteiger partial charge in [0.2, 0.25) is 0 Å². The predicted molar refractivity (Wildman–Crippen MR) is 122 cm³/mol. The zero-order valence-corrected chi connectivity index (χ0v) is 18.6. The van der Waals surface area contributed by atoms with Crippen LogP contribution in [0.25, 0.3) is 10.8 Å². The van der Waals surface area contributed by atoms with Crippen LogP contribution < -0.4 is 10.8 Å². The van der Waals surface area contributed by atoms with Crippen molar-refractivity contribution in [2.45, 2.75) is 12.2 Å². The summed E-state index contributed by atoms with van der Waals surface area (Å²) in [5, 5.41) is 23.6. The first-order valence-electron chi connectivity index (χ1n) is 9.51. The van der Waals surface area contributed by atoms with Gasteiger partial charge in [-0.2, -0.15) is 0 Å². The van der Waals surface area contributed by atoms with Gasteiger partial charge < -0.3 is 14.6 Å². The fourth-order valence-electron chi connectivity index (χ4n) is 3.17. The Bertz CT molecular complexity index is 1150. The molecular formula is C23H21BrN2O6. The van der Waals surface area contributed by atoms with Crippen LogP contribution in [0, 0.1) is 0 Å². The van der Waals surface area contributed by atoms with Gasteiger partial charge >= 0.3 is 6.09 Å². The number of carbonyl (C=O) groups excluding carboxylic acids is 2. The summed E-state index contributed by atoms with van der Waals surface area (Å²) >= 11 is 3.33. The first-order chi connectivity index (χ1) is 15.4. The van der Waals surface area contributed by atoms with Crippen LogP contribution in [0.3, 0.4) is 0 Å². The van der Waals surface area contributed by atoms with E-state index in [1.807, 2.05) is 36.4 Å². The average molecular weight is 501 g/mol. The Morgan fingerprint density at radius 2 is 1.84 bits per heavy atom. The molecule has 0 aromatic heterocycles. The maximum atomic E-state index is 12.8. The van der Waals surface area contributed by atoms with E-state index < -0.39 is 24.2 Å². The molecule has 0 unspecified atom stereocenters. The highest BCUT2D eigenvalue weighted by molar-refractivity contribution is 9.10. The van der Waals surface area contributed by atoms with Crippen molar-refractivity contribution in [2.24, 2.45) is 0 Å². The predicted octanol–water partition coefficient (Wildman–Crippen LogP) is 4.67. The zero-order valence-electron chi connectivity index (χ0n) is 17.0. The third-order valence-corrected chi connectivity index (χ3v) is 5.17. The number of hydrogen-bond acceptors (Lipinski definition) is 6. The number of phenols is 1. The molecule has 32 heavy (non-hydrogen) atoms. The zero-order chi connectivity index (χ0) is 23.1. The van der Waals surface area contributed by atoms with Crippen LogP contribution in [0.2, 0.25) is 0 Å². The van der Waals surface area contributed by atoms with Gasteiger partial charge in [0.15, 0.2) is 6.10 Å². The highest BCUT2D eigenvalue weighted by atomic mass is 79.9. The van der Waals surface area contributed by atoms with Crippen LogP contribution in [0.15, 0.2) is 77.3 Å². The summed E-state index contributed by atoms with van der Waals surface area (Å²) in [5.41, 5.74) is 2.28. The minimum Gasteiger partial charge on any atom is -0.508 e. The Morgan fingerprint density at radius 1 is 1.09 bits per heavy atom. The molecule has 0 aliphatic heterocycles. The largest absolute Gasteiger partial charge is 0.508 e. The monoisotopic (exact) mass is 500 g/mol. The maximum absolute atomic E-state index is 12.8. The molecule has 3 aromatic carbocycles. The number of phenolic OH excluding ortho intramolecular Hbond substituents is 1. The highest BCUT2D eigenvalue weighted by Gasteiger charge is 2.28. The van der Waals surface area contributed by atoms with Gasteiger partial charge in [0, 0.05) is 28.6 Å². The van der Waals surface area contributed by atoms with Gasteiger partial charge in [-0.1, -0.05) is 52.3 Å². The fourth-order valence-corrected chi connectivity index (χ4v) is 3.55. The lowest BCUT2D eigenvalue weighted by Gasteiger charge is -2.25. The minimum atomic E-state index is -1.12. The normalized spacial score (nSPS) is 13.0. The smallest absolute Gasteiger partial charge is 0.412 e. The number of amides is 2. The molecular weight excluding hydrogens is 480 g/mol. The maximum Gasteiger partial charge on any atom is 0.412 e. The highest BCUT2D eigenvalue weighted by Crippen LogP contribution is 2.34. The molecule has 0 saturated carbocycles. The van der Waals surface area contributed by atoms with E-state index in [1.54, 1.807) is 18.2 Å². The first kappa shape index (κ1) is 23.3. The minimum absolute atomic E-state index is 0.127. The van der Waals surface area contributed by atoms with Crippen molar-refractivity contribution < 1.29 is 29.4 Å². The molecule has 0 radical (unpaired) electrons. The Kier molecular flexibility index (Phi) is 7.82. The fraction of sp³-hybridized carbons (Fsp3) is 0.130. The molecule has 0 saturated heterocycles. The molecule has 0 spiro atoms. The molecule has 8 nitrogen and oxygen atoms in total. The summed E-state index contributed by atoms with van der Waals surface area (Å²) in [6.07, 6.45) is -0.516. The molecule has 0 aliphatic rings. The summed E-state index contributed by atoms with van der Waals surface area (Å²) in [5.74, 6) is -0.914. The number of carbonyl (C=O) groups is 2. The SMILES string of the molecule is CO[C@@H](/C=C/C(=O)NO)[C@@H](OC(=O)Nc1cccc2ccccc12)c1cc(Br)ccc1O. The van der Waals surface area contributed by atoms with Crippen molar-refractivity contribution in [3.8, 4) is 5.75 Å². The summed E-state index contributed by atoms with van der Waals surface area (Å²) in [4.78, 5) is 24.2. The Morgan fingerprint density at radius 3 is 2.59 bits per heavy atom. The second-order valence-electron chi connectivity index (χ2n) is 6.72. The molecule has 0 aliphatic carbocycles. The van der Waals surface area contributed by atoms with Crippen LogP contribution in [0.1, 0.15) is 11.7 Å². The number of aromatic hydroxyl groups is 1. The average Bonchev–Trinajstić information content (AvgIpc) is 2.80. The van der Waals surface area contributed by atoms with Crippen LogP contribution in [-0.2, 0) is 14.3 Å². The van der Waals surface area contributed by atoms with Crippen LogP contribution in [-0.4, -0.2) is 35.5 Å². The molecule has 4 N–H and O–H groups in total. The van der Waals surface area contributed by atoms with E-state index in [-0.39, 0.29) is 11.3 Å². The number of hydrogen-bond donors (Lipinski definition) is 4. The lowest BCUT2D eigenvalue weighted by molar-refractivity contribution is -0.124. The lowest BCUT2D eigenvalue weighted by atomic mass is 10.0. The van der Waals surface area contributed by atoms with Crippen molar-refractivity contribution in [1.82, 2.24) is 5.48 Å². The number of benzene rings is 3. The Balaban J connectivity index is 1.92. The molecule has 0 fully saturated rings. The summed E-state index contributed by atoms with van der Waals surface area (Å²) < 4.78 is 11.7. The van der Waals surface area contributed by atoms with E-state index in [1.165, 1.54) is 24.7 Å². The van der Waals surface area contributed by atoms with Crippen LogP contribution in [0.4, 0.5) is 10.5 Å². The molecule has 0 heterocycles. The van der Waals surface area contributed by atoms with E-state index >= 15 is 0 Å². The number of ether oxygens (including phenoxy) is 2. The van der Waals surface area contributed by atoms with E-state index in [4.69, 9.17) is 14.7 Å². The Labute approximate surface area is 192 Å². The molecule has 3 rings (SSSR count). The van der Waals surface area contributed by atoms with E-state index in [9.17, 15) is 14.7 Å². The molecule has 2 atom stereocenters. The number of halogens is 1. The standard InChI is InChI=1S/C23H21BrN2O6/c1-31-20(11-12-21(28)26-30)22(17-13-15(24)9-10-19(17)27)32-23(29)25-18-8-4-6-14-5-2-3-7-16(14)18/h2-13,20,22,27,30H,1H3,(H,25,29)(H,26,28)/b12-11+/t20-,22-/m0/s1. The summed E-state index contributed by atoms with van der Waals surface area (Å²) in [6, 6.07) is 17.7. The quantitative estimate of drug-likeness (QED) is 0.212. The molecule has 0 bridgehead atoms. The Hall–Kier alpha value is -3.40. The molecule has 166 valence electrons. The topological polar surface area (TPSA) is 117 Å². The van der Waals surface area contributed by atoms with Gasteiger partial charge in [0.05, 0.1) is 5.69 Å². The van der Waals surface area contributed by atoms with Gasteiger partial charge in [0.25, 0.3) is 5.91 Å². The number of hydroxylamine groups is 1. The summed E-state index contributed by atoms with van der Waals surface area (Å²) in [7, 11) is 1.36. The lowest BCUT2D eigenvalue weighted by Crippen LogP contribution is -2.27. The van der Waals surface area contributed by atoms with Gasteiger partial charge in [-0.3, -0.25) is 15.3 Å². The summed E-state index contributed by atoms with van der Waals surface area (Å²) in [6.45, 7) is 0. The number of rotatable bonds is 7.